The summed E-state index contributed by atoms with van der Waals surface area (Å²) in [5, 5.41) is 2.44. The van der Waals surface area contributed by atoms with Gasteiger partial charge in [-0.2, -0.15) is 4.99 Å². The van der Waals surface area contributed by atoms with Gasteiger partial charge in [-0.05, 0) is 92.1 Å². The molecule has 2 saturated carbocycles. The van der Waals surface area contributed by atoms with Crippen molar-refractivity contribution in [3.63, 3.8) is 0 Å². The van der Waals surface area contributed by atoms with Crippen LogP contribution >= 0.6 is 12.2 Å². The van der Waals surface area contributed by atoms with Crippen molar-refractivity contribution in [1.82, 2.24) is 0 Å². The molecular weight excluding hydrogens is 286 g/mol. The minimum absolute atomic E-state index is 0.754. The first-order chi connectivity index (χ1) is 10.8. The Morgan fingerprint density at radius 3 is 1.95 bits per heavy atom. The fourth-order valence-electron chi connectivity index (χ4n) is 4.55. The van der Waals surface area contributed by atoms with Gasteiger partial charge in [-0.3, -0.25) is 0 Å². The predicted molar refractivity (Wildman–Crippen MR) is 96.9 cm³/mol. The largest absolute Gasteiger partial charge is 0.195 e. The topological polar surface area (TPSA) is 12.4 Å². The Morgan fingerprint density at radius 2 is 1.41 bits per heavy atom. The van der Waals surface area contributed by atoms with Gasteiger partial charge in [0.2, 0.25) is 0 Å². The number of nitrogens with zero attached hydrogens (tertiary/aromatic N) is 1. The molecule has 0 aliphatic heterocycles. The molecule has 0 heterocycles. The van der Waals surface area contributed by atoms with Crippen LogP contribution in [0.5, 0.6) is 0 Å². The third kappa shape index (κ3) is 3.86. The summed E-state index contributed by atoms with van der Waals surface area (Å²) in [5.41, 5.74) is 2.41. The van der Waals surface area contributed by atoms with Crippen molar-refractivity contribution in [2.45, 2.75) is 64.2 Å². The molecule has 2 heteroatoms. The molecule has 3 rings (SSSR count). The fourth-order valence-corrected chi connectivity index (χ4v) is 4.66. The Hall–Kier alpha value is -0.980. The van der Waals surface area contributed by atoms with Gasteiger partial charge < -0.3 is 0 Å². The molecule has 1 aromatic rings. The zero-order chi connectivity index (χ0) is 15.4. The van der Waals surface area contributed by atoms with Crippen LogP contribution in [0.2, 0.25) is 0 Å². The lowest BCUT2D eigenvalue weighted by Gasteiger charge is -2.37. The summed E-state index contributed by atoms with van der Waals surface area (Å²) in [7, 11) is 0. The smallest absolute Gasteiger partial charge is 0.0739 e. The van der Waals surface area contributed by atoms with Crippen LogP contribution < -0.4 is 0 Å². The van der Waals surface area contributed by atoms with Crippen LogP contribution in [0.1, 0.15) is 69.8 Å². The first kappa shape index (κ1) is 15.9. The predicted octanol–water partition coefficient (Wildman–Crippen LogP) is 6.52. The average Bonchev–Trinajstić information content (AvgIpc) is 2.57. The van der Waals surface area contributed by atoms with E-state index in [1.807, 2.05) is 0 Å². The molecule has 1 nitrogen and oxygen atoms in total. The standard InChI is InChI=1S/C20H27NS/c1-15-2-4-16(5-3-15)17-6-8-18(9-7-17)19-10-12-20(13-11-19)21-14-22/h10-13,15-18H,2-9H2,1H3. The van der Waals surface area contributed by atoms with E-state index in [0.29, 0.717) is 0 Å². The highest BCUT2D eigenvalue weighted by Crippen LogP contribution is 2.43. The molecule has 2 aliphatic rings. The molecule has 22 heavy (non-hydrogen) atoms. The summed E-state index contributed by atoms with van der Waals surface area (Å²) in [6.45, 7) is 2.42. The van der Waals surface area contributed by atoms with E-state index in [1.165, 1.54) is 56.9 Å². The van der Waals surface area contributed by atoms with Crippen molar-refractivity contribution in [3.05, 3.63) is 29.8 Å². The van der Waals surface area contributed by atoms with Crippen LogP contribution in [-0.2, 0) is 0 Å². The monoisotopic (exact) mass is 313 g/mol. The molecule has 2 aliphatic carbocycles. The summed E-state index contributed by atoms with van der Waals surface area (Å²) in [5.74, 6) is 3.75. The Labute approximate surface area is 140 Å². The van der Waals surface area contributed by atoms with Crippen molar-refractivity contribution in [2.24, 2.45) is 22.7 Å². The molecule has 0 amide bonds. The lowest BCUT2D eigenvalue weighted by atomic mass is 9.68. The Bertz CT molecular complexity index is 513. The third-order valence-electron chi connectivity index (χ3n) is 6.04. The van der Waals surface area contributed by atoms with Crippen molar-refractivity contribution >= 4 is 23.1 Å². The first-order valence-electron chi connectivity index (χ1n) is 8.94. The van der Waals surface area contributed by atoms with Crippen LogP contribution in [0.25, 0.3) is 0 Å². The van der Waals surface area contributed by atoms with Crippen molar-refractivity contribution in [3.8, 4) is 0 Å². The van der Waals surface area contributed by atoms with Gasteiger partial charge in [0, 0.05) is 0 Å². The highest BCUT2D eigenvalue weighted by molar-refractivity contribution is 7.78. The molecule has 0 unspecified atom stereocenters. The quantitative estimate of drug-likeness (QED) is 0.457. The number of hydrogen-bond donors (Lipinski definition) is 0. The second-order valence-corrected chi connectivity index (χ2v) is 7.61. The number of isothiocyanates is 1. The van der Waals surface area contributed by atoms with Gasteiger partial charge in [0.05, 0.1) is 10.8 Å². The van der Waals surface area contributed by atoms with Gasteiger partial charge in [0.15, 0.2) is 0 Å². The minimum atomic E-state index is 0.754. The van der Waals surface area contributed by atoms with Gasteiger partial charge in [0.25, 0.3) is 0 Å². The van der Waals surface area contributed by atoms with Crippen LogP contribution in [0, 0.1) is 17.8 Å². The molecule has 1 aromatic carbocycles. The average molecular weight is 314 g/mol. The summed E-state index contributed by atoms with van der Waals surface area (Å²) in [4.78, 5) is 4.04. The summed E-state index contributed by atoms with van der Waals surface area (Å²) in [6.07, 6.45) is 11.5. The van der Waals surface area contributed by atoms with Gasteiger partial charge in [0.1, 0.15) is 0 Å². The third-order valence-corrected chi connectivity index (χ3v) is 6.13. The van der Waals surface area contributed by atoms with Gasteiger partial charge in [-0.25, -0.2) is 0 Å². The zero-order valence-electron chi connectivity index (χ0n) is 13.6. The second kappa shape index (κ2) is 7.53. The minimum Gasteiger partial charge on any atom is -0.195 e. The number of hydrogen-bond acceptors (Lipinski definition) is 2. The van der Waals surface area contributed by atoms with E-state index in [1.54, 1.807) is 0 Å². The van der Waals surface area contributed by atoms with Crippen LogP contribution in [0.3, 0.4) is 0 Å². The second-order valence-electron chi connectivity index (χ2n) is 7.43. The first-order valence-corrected chi connectivity index (χ1v) is 9.35. The van der Waals surface area contributed by atoms with Crippen molar-refractivity contribution in [1.29, 1.82) is 0 Å². The van der Waals surface area contributed by atoms with Crippen molar-refractivity contribution in [2.75, 3.05) is 0 Å². The number of aliphatic imine (C=N–C) groups is 1. The molecule has 2 fully saturated rings. The number of rotatable bonds is 3. The van der Waals surface area contributed by atoms with E-state index < -0.39 is 0 Å². The molecule has 0 bridgehead atoms. The molecule has 0 N–H and O–H groups in total. The fraction of sp³-hybridized carbons (Fsp3) is 0.650. The van der Waals surface area contributed by atoms with Crippen LogP contribution in [0.4, 0.5) is 5.69 Å². The lowest BCUT2D eigenvalue weighted by Crippen LogP contribution is -2.24. The zero-order valence-corrected chi connectivity index (χ0v) is 14.4. The maximum Gasteiger partial charge on any atom is 0.0739 e. The highest BCUT2D eigenvalue weighted by atomic mass is 32.1. The van der Waals surface area contributed by atoms with E-state index >= 15 is 0 Å². The number of thiocarbonyl (C=S) groups is 1. The summed E-state index contributed by atoms with van der Waals surface area (Å²) < 4.78 is 0. The van der Waals surface area contributed by atoms with E-state index in [-0.39, 0.29) is 0 Å². The Morgan fingerprint density at radius 1 is 0.864 bits per heavy atom. The van der Waals surface area contributed by atoms with E-state index in [2.05, 4.69) is 53.6 Å². The van der Waals surface area contributed by atoms with Gasteiger partial charge in [-0.1, -0.05) is 31.9 Å². The van der Waals surface area contributed by atoms with Gasteiger partial charge >= 0.3 is 0 Å². The molecule has 0 aromatic heterocycles. The van der Waals surface area contributed by atoms with Crippen LogP contribution in [-0.4, -0.2) is 5.16 Å². The van der Waals surface area contributed by atoms with E-state index in [9.17, 15) is 0 Å². The molecule has 0 spiro atoms. The maximum atomic E-state index is 4.66. The van der Waals surface area contributed by atoms with Crippen molar-refractivity contribution < 1.29 is 0 Å². The van der Waals surface area contributed by atoms with Gasteiger partial charge in [-0.15, -0.1) is 0 Å². The molecule has 0 radical (unpaired) electrons. The lowest BCUT2D eigenvalue weighted by molar-refractivity contribution is 0.165. The molecule has 118 valence electrons. The van der Waals surface area contributed by atoms with Crippen LogP contribution in [0.15, 0.2) is 29.3 Å². The number of benzene rings is 1. The summed E-state index contributed by atoms with van der Waals surface area (Å²) >= 11 is 4.66. The molecule has 0 atom stereocenters. The SMILES string of the molecule is CC1CCC(C2CCC(c3ccc(N=C=S)cc3)CC2)CC1. The maximum absolute atomic E-state index is 4.66. The van der Waals surface area contributed by atoms with E-state index in [0.717, 1.165) is 29.4 Å². The molecular formula is C20H27NS. The highest BCUT2D eigenvalue weighted by Gasteiger charge is 2.30. The Balaban J connectivity index is 1.54. The normalized spacial score (nSPS) is 32.2. The van der Waals surface area contributed by atoms with E-state index in [4.69, 9.17) is 0 Å². The summed E-state index contributed by atoms with van der Waals surface area (Å²) in [6, 6.07) is 8.62. The molecule has 0 saturated heterocycles. The Kier molecular flexibility index (Phi) is 5.44.